The summed E-state index contributed by atoms with van der Waals surface area (Å²) in [6, 6.07) is 2.20. The zero-order valence-electron chi connectivity index (χ0n) is 10.2. The topological polar surface area (TPSA) is 40.7 Å². The lowest BCUT2D eigenvalue weighted by atomic mass is 9.96. The molecule has 0 spiro atoms. The van der Waals surface area contributed by atoms with Crippen molar-refractivity contribution < 1.29 is 0 Å². The van der Waals surface area contributed by atoms with Gasteiger partial charge in [0, 0.05) is 22.5 Å². The van der Waals surface area contributed by atoms with Crippen LogP contribution in [0.15, 0.2) is 11.4 Å². The van der Waals surface area contributed by atoms with Crippen LogP contribution in [-0.2, 0) is 12.8 Å². The second kappa shape index (κ2) is 4.18. The Morgan fingerprint density at radius 3 is 3.18 bits per heavy atom. The van der Waals surface area contributed by atoms with Crippen molar-refractivity contribution in [1.29, 1.82) is 0 Å². The Morgan fingerprint density at radius 1 is 1.47 bits per heavy atom. The molecule has 2 heterocycles. The highest BCUT2D eigenvalue weighted by atomic mass is 32.1. The third-order valence-electron chi connectivity index (χ3n) is 3.16. The molecule has 2 N–H and O–H groups in total. The molecule has 0 saturated heterocycles. The fraction of sp³-hybridized carbons (Fsp3) is 0.462. The van der Waals surface area contributed by atoms with Gasteiger partial charge in [-0.25, -0.2) is 0 Å². The van der Waals surface area contributed by atoms with Crippen molar-refractivity contribution in [3.63, 3.8) is 0 Å². The molecule has 0 unspecified atom stereocenters. The normalized spacial score (nSPS) is 13.6. The summed E-state index contributed by atoms with van der Waals surface area (Å²) in [4.78, 5) is 1.48. The highest BCUT2D eigenvalue weighted by Crippen LogP contribution is 2.37. The Balaban J connectivity index is 1.92. The summed E-state index contributed by atoms with van der Waals surface area (Å²) in [6.45, 7) is 5.40. The molecular weight excluding hydrogens is 230 g/mol. The number of thiophene rings is 1. The smallest absolute Gasteiger partial charge is 0.151 e. The summed E-state index contributed by atoms with van der Waals surface area (Å²) in [7, 11) is 0. The van der Waals surface area contributed by atoms with Gasteiger partial charge >= 0.3 is 0 Å². The number of aromatic nitrogens is 2. The summed E-state index contributed by atoms with van der Waals surface area (Å²) >= 11 is 1.85. The van der Waals surface area contributed by atoms with Gasteiger partial charge in [-0.1, -0.05) is 13.8 Å². The van der Waals surface area contributed by atoms with E-state index in [2.05, 4.69) is 40.8 Å². The number of hydrogen-bond donors (Lipinski definition) is 2. The number of aromatic amines is 1. The highest BCUT2D eigenvalue weighted by molar-refractivity contribution is 7.10. The van der Waals surface area contributed by atoms with Crippen molar-refractivity contribution in [3.05, 3.63) is 21.9 Å². The lowest BCUT2D eigenvalue weighted by Gasteiger charge is -2.13. The van der Waals surface area contributed by atoms with E-state index in [0.29, 0.717) is 5.92 Å². The summed E-state index contributed by atoms with van der Waals surface area (Å²) in [5, 5.41) is 13.2. The van der Waals surface area contributed by atoms with Gasteiger partial charge in [0.1, 0.15) is 0 Å². The van der Waals surface area contributed by atoms with Gasteiger partial charge in [0.25, 0.3) is 0 Å². The van der Waals surface area contributed by atoms with Crippen LogP contribution in [0.5, 0.6) is 0 Å². The van der Waals surface area contributed by atoms with Crippen LogP contribution in [0.1, 0.15) is 24.3 Å². The zero-order chi connectivity index (χ0) is 11.8. The van der Waals surface area contributed by atoms with E-state index in [0.717, 1.165) is 25.2 Å². The predicted octanol–water partition coefficient (Wildman–Crippen LogP) is 3.30. The van der Waals surface area contributed by atoms with E-state index >= 15 is 0 Å². The first-order valence-corrected chi connectivity index (χ1v) is 7.01. The number of hydrogen-bond acceptors (Lipinski definition) is 3. The Labute approximate surface area is 105 Å². The molecule has 0 bridgehead atoms. The first-order chi connectivity index (χ1) is 8.25. The molecule has 17 heavy (non-hydrogen) atoms. The molecule has 0 atom stereocenters. The van der Waals surface area contributed by atoms with E-state index < -0.39 is 0 Å². The van der Waals surface area contributed by atoms with Gasteiger partial charge in [0.05, 0.1) is 5.69 Å². The second-order valence-corrected chi connectivity index (χ2v) is 5.96. The minimum atomic E-state index is 0.641. The molecule has 4 heteroatoms. The van der Waals surface area contributed by atoms with Crippen molar-refractivity contribution in [3.8, 4) is 11.3 Å². The SMILES string of the molecule is CC(C)CNc1n[nH]c2c1CCc1sccc1-2. The summed E-state index contributed by atoms with van der Waals surface area (Å²) in [6.07, 6.45) is 2.25. The van der Waals surface area contributed by atoms with Crippen LogP contribution in [0, 0.1) is 5.92 Å². The number of rotatable bonds is 3. The van der Waals surface area contributed by atoms with Gasteiger partial charge in [-0.3, -0.25) is 5.10 Å². The van der Waals surface area contributed by atoms with Crippen LogP contribution < -0.4 is 5.32 Å². The quantitative estimate of drug-likeness (QED) is 0.873. The van der Waals surface area contributed by atoms with E-state index in [9.17, 15) is 0 Å². The van der Waals surface area contributed by atoms with Gasteiger partial charge in [0.2, 0.25) is 0 Å². The molecule has 3 nitrogen and oxygen atoms in total. The van der Waals surface area contributed by atoms with Crippen molar-refractivity contribution in [2.24, 2.45) is 5.92 Å². The number of aryl methyl sites for hydroxylation is 1. The van der Waals surface area contributed by atoms with Crippen molar-refractivity contribution in [2.75, 3.05) is 11.9 Å². The van der Waals surface area contributed by atoms with Crippen LogP contribution in [0.25, 0.3) is 11.3 Å². The summed E-state index contributed by atoms with van der Waals surface area (Å²) < 4.78 is 0. The fourth-order valence-electron chi connectivity index (χ4n) is 2.27. The molecule has 0 radical (unpaired) electrons. The van der Waals surface area contributed by atoms with Crippen LogP contribution >= 0.6 is 11.3 Å². The summed E-state index contributed by atoms with van der Waals surface area (Å²) in [5.41, 5.74) is 3.93. The van der Waals surface area contributed by atoms with Crippen LogP contribution in [0.4, 0.5) is 5.82 Å². The molecule has 3 rings (SSSR count). The van der Waals surface area contributed by atoms with E-state index in [4.69, 9.17) is 0 Å². The van der Waals surface area contributed by atoms with Gasteiger partial charge in [0.15, 0.2) is 5.82 Å². The number of nitrogens with zero attached hydrogens (tertiary/aromatic N) is 1. The number of H-pyrrole nitrogens is 1. The molecule has 2 aromatic rings. The average molecular weight is 247 g/mol. The number of fused-ring (bicyclic) bond motifs is 3. The molecule has 0 saturated carbocycles. The molecule has 0 fully saturated rings. The highest BCUT2D eigenvalue weighted by Gasteiger charge is 2.22. The predicted molar refractivity (Wildman–Crippen MR) is 72.6 cm³/mol. The molecular formula is C13H17N3S. The standard InChI is InChI=1S/C13H17N3S/c1-8(2)7-14-13-10-3-4-11-9(5-6-17-11)12(10)15-16-13/h5-6,8H,3-4,7H2,1-2H3,(H2,14,15,16). The van der Waals surface area contributed by atoms with Gasteiger partial charge in [-0.05, 0) is 30.2 Å². The largest absolute Gasteiger partial charge is 0.368 e. The maximum absolute atomic E-state index is 4.42. The summed E-state index contributed by atoms with van der Waals surface area (Å²) in [5.74, 6) is 1.69. The third kappa shape index (κ3) is 1.86. The van der Waals surface area contributed by atoms with Gasteiger partial charge in [-0.2, -0.15) is 5.10 Å². The molecule has 2 aromatic heterocycles. The fourth-order valence-corrected chi connectivity index (χ4v) is 3.16. The number of nitrogens with one attached hydrogen (secondary N) is 2. The lowest BCUT2D eigenvalue weighted by Crippen LogP contribution is -2.10. The van der Waals surface area contributed by atoms with Crippen molar-refractivity contribution in [2.45, 2.75) is 26.7 Å². The molecule has 90 valence electrons. The molecule has 1 aliphatic carbocycles. The Morgan fingerprint density at radius 2 is 2.35 bits per heavy atom. The molecule has 1 aliphatic rings. The van der Waals surface area contributed by atoms with Crippen molar-refractivity contribution in [1.82, 2.24) is 10.2 Å². The average Bonchev–Trinajstić information content (AvgIpc) is 2.91. The third-order valence-corrected chi connectivity index (χ3v) is 4.14. The first-order valence-electron chi connectivity index (χ1n) is 6.13. The Bertz CT molecular complexity index is 525. The van der Waals surface area contributed by atoms with E-state index in [1.54, 1.807) is 0 Å². The van der Waals surface area contributed by atoms with Gasteiger partial charge in [-0.15, -0.1) is 11.3 Å². The zero-order valence-corrected chi connectivity index (χ0v) is 11.0. The minimum Gasteiger partial charge on any atom is -0.368 e. The maximum Gasteiger partial charge on any atom is 0.151 e. The van der Waals surface area contributed by atoms with Gasteiger partial charge < -0.3 is 5.32 Å². The molecule has 0 aliphatic heterocycles. The minimum absolute atomic E-state index is 0.641. The van der Waals surface area contributed by atoms with E-state index in [-0.39, 0.29) is 0 Å². The molecule has 0 aromatic carbocycles. The lowest BCUT2D eigenvalue weighted by molar-refractivity contribution is 0.686. The first kappa shape index (κ1) is 10.8. The van der Waals surface area contributed by atoms with Crippen LogP contribution in [0.2, 0.25) is 0 Å². The van der Waals surface area contributed by atoms with E-state index in [1.165, 1.54) is 21.7 Å². The van der Waals surface area contributed by atoms with E-state index in [1.807, 2.05) is 11.3 Å². The number of anilines is 1. The maximum atomic E-state index is 4.42. The Kier molecular flexibility index (Phi) is 2.67. The van der Waals surface area contributed by atoms with Crippen LogP contribution in [0.3, 0.4) is 0 Å². The monoisotopic (exact) mass is 247 g/mol. The Hall–Kier alpha value is -1.29. The molecule has 0 amide bonds. The van der Waals surface area contributed by atoms with Crippen molar-refractivity contribution >= 4 is 17.2 Å². The van der Waals surface area contributed by atoms with Crippen LogP contribution in [-0.4, -0.2) is 16.7 Å². The second-order valence-electron chi connectivity index (χ2n) is 4.96.